The van der Waals surface area contributed by atoms with Gasteiger partial charge in [-0.1, -0.05) is 26.0 Å². The molecule has 1 aromatic carbocycles. The van der Waals surface area contributed by atoms with E-state index >= 15 is 0 Å². The minimum Gasteiger partial charge on any atom is -0.465 e. The van der Waals surface area contributed by atoms with Crippen molar-refractivity contribution in [2.24, 2.45) is 5.92 Å². The van der Waals surface area contributed by atoms with E-state index in [4.69, 9.17) is 5.11 Å². The fourth-order valence-corrected chi connectivity index (χ4v) is 2.86. The lowest BCUT2D eigenvalue weighted by atomic mass is 10.0. The fourth-order valence-electron chi connectivity index (χ4n) is 2.86. The number of anilines is 2. The molecule has 4 N–H and O–H groups in total. The number of Topliss-reactive ketones (excluding diaryl/α,β-unsaturated/α-hetero) is 1. The molecule has 8 heteroatoms. The molecule has 0 saturated heterocycles. The zero-order valence-corrected chi connectivity index (χ0v) is 15.4. The van der Waals surface area contributed by atoms with Gasteiger partial charge in [-0.05, 0) is 29.7 Å². The van der Waals surface area contributed by atoms with E-state index in [1.54, 1.807) is 30.5 Å². The van der Waals surface area contributed by atoms with Crippen LogP contribution in [0.25, 0.3) is 22.2 Å². The van der Waals surface area contributed by atoms with Gasteiger partial charge in [-0.25, -0.2) is 9.78 Å². The second-order valence-corrected chi connectivity index (χ2v) is 6.81. The summed E-state index contributed by atoms with van der Waals surface area (Å²) in [6.45, 7) is 3.76. The van der Waals surface area contributed by atoms with E-state index in [-0.39, 0.29) is 12.3 Å². The SMILES string of the molecule is CC(C)CC(=O)C(=O)Nc1cccc(-c2c[nH]c3ncc(NC(=O)O)cc23)c1. The number of hydrogen-bond acceptors (Lipinski definition) is 4. The van der Waals surface area contributed by atoms with Gasteiger partial charge < -0.3 is 15.4 Å². The van der Waals surface area contributed by atoms with E-state index in [9.17, 15) is 14.4 Å². The van der Waals surface area contributed by atoms with Crippen LogP contribution < -0.4 is 10.6 Å². The van der Waals surface area contributed by atoms with E-state index in [0.717, 1.165) is 16.5 Å². The molecule has 0 radical (unpaired) electrons. The molecule has 0 fully saturated rings. The lowest BCUT2D eigenvalue weighted by molar-refractivity contribution is -0.135. The predicted octanol–water partition coefficient (Wildman–Crippen LogP) is 3.87. The number of carbonyl (C=O) groups is 3. The fraction of sp³-hybridized carbons (Fsp3) is 0.200. The Labute approximate surface area is 161 Å². The number of ketones is 1. The second kappa shape index (κ2) is 7.91. The number of nitrogens with one attached hydrogen (secondary N) is 3. The maximum absolute atomic E-state index is 12.1. The molecule has 28 heavy (non-hydrogen) atoms. The van der Waals surface area contributed by atoms with E-state index in [2.05, 4.69) is 20.6 Å². The summed E-state index contributed by atoms with van der Waals surface area (Å²) in [5.74, 6) is -0.989. The number of fused-ring (bicyclic) bond motifs is 1. The summed E-state index contributed by atoms with van der Waals surface area (Å²) >= 11 is 0. The van der Waals surface area contributed by atoms with Gasteiger partial charge in [-0.15, -0.1) is 0 Å². The van der Waals surface area contributed by atoms with Crippen molar-refractivity contribution in [3.63, 3.8) is 0 Å². The third kappa shape index (κ3) is 4.35. The summed E-state index contributed by atoms with van der Waals surface area (Å²) in [4.78, 5) is 42.1. The highest BCUT2D eigenvalue weighted by Gasteiger charge is 2.16. The number of rotatable bonds is 6. The van der Waals surface area contributed by atoms with Gasteiger partial charge in [0.1, 0.15) is 5.65 Å². The number of carbonyl (C=O) groups excluding carboxylic acids is 2. The van der Waals surface area contributed by atoms with E-state index in [1.807, 2.05) is 19.9 Å². The Kier molecular flexibility index (Phi) is 5.39. The summed E-state index contributed by atoms with van der Waals surface area (Å²) in [7, 11) is 0. The number of H-pyrrole nitrogens is 1. The molecule has 0 aliphatic rings. The molecule has 0 saturated carbocycles. The topological polar surface area (TPSA) is 124 Å². The van der Waals surface area contributed by atoms with Crippen LogP contribution in [0.2, 0.25) is 0 Å². The van der Waals surface area contributed by atoms with Gasteiger partial charge >= 0.3 is 6.09 Å². The van der Waals surface area contributed by atoms with Gasteiger partial charge in [0.25, 0.3) is 5.91 Å². The Balaban J connectivity index is 1.88. The third-order valence-corrected chi connectivity index (χ3v) is 4.06. The van der Waals surface area contributed by atoms with Gasteiger partial charge in [0, 0.05) is 29.3 Å². The molecule has 2 amide bonds. The monoisotopic (exact) mass is 380 g/mol. The summed E-state index contributed by atoms with van der Waals surface area (Å²) in [5, 5.41) is 14.5. The Hall–Kier alpha value is -3.68. The van der Waals surface area contributed by atoms with Crippen LogP contribution in [0.15, 0.2) is 42.7 Å². The van der Waals surface area contributed by atoms with Gasteiger partial charge in [0.15, 0.2) is 0 Å². The normalized spacial score (nSPS) is 10.8. The molecule has 2 heterocycles. The molecule has 0 atom stereocenters. The first-order valence-electron chi connectivity index (χ1n) is 8.75. The average Bonchev–Trinajstić information content (AvgIpc) is 3.04. The number of pyridine rings is 1. The highest BCUT2D eigenvalue weighted by Crippen LogP contribution is 2.30. The summed E-state index contributed by atoms with van der Waals surface area (Å²) in [6, 6.07) is 8.75. The first kappa shape index (κ1) is 19.1. The summed E-state index contributed by atoms with van der Waals surface area (Å²) < 4.78 is 0. The van der Waals surface area contributed by atoms with Crippen LogP contribution in [0.5, 0.6) is 0 Å². The lowest BCUT2D eigenvalue weighted by Gasteiger charge is -2.08. The lowest BCUT2D eigenvalue weighted by Crippen LogP contribution is -2.23. The second-order valence-electron chi connectivity index (χ2n) is 6.81. The van der Waals surface area contributed by atoms with E-state index in [0.29, 0.717) is 17.0 Å². The van der Waals surface area contributed by atoms with Crippen LogP contribution in [0, 0.1) is 5.92 Å². The van der Waals surface area contributed by atoms with Crippen LogP contribution in [0.1, 0.15) is 20.3 Å². The van der Waals surface area contributed by atoms with Crippen molar-refractivity contribution in [1.82, 2.24) is 9.97 Å². The Morgan fingerprint density at radius 3 is 2.64 bits per heavy atom. The van der Waals surface area contributed by atoms with E-state index in [1.165, 1.54) is 6.20 Å². The molecule has 8 nitrogen and oxygen atoms in total. The number of amides is 2. The van der Waals surface area contributed by atoms with Gasteiger partial charge in [0.2, 0.25) is 5.78 Å². The minimum absolute atomic E-state index is 0.108. The molecule has 3 rings (SSSR count). The Morgan fingerprint density at radius 2 is 1.93 bits per heavy atom. The molecular weight excluding hydrogens is 360 g/mol. The Morgan fingerprint density at radius 1 is 1.14 bits per heavy atom. The minimum atomic E-state index is -1.17. The Bertz CT molecular complexity index is 1060. The number of aromatic nitrogens is 2. The van der Waals surface area contributed by atoms with Gasteiger partial charge in [-0.2, -0.15) is 0 Å². The molecule has 0 aliphatic carbocycles. The van der Waals surface area contributed by atoms with Crippen LogP contribution in [0.4, 0.5) is 16.2 Å². The number of hydrogen-bond donors (Lipinski definition) is 4. The zero-order valence-electron chi connectivity index (χ0n) is 15.4. The molecule has 0 bridgehead atoms. The van der Waals surface area contributed by atoms with Crippen molar-refractivity contribution in [3.8, 4) is 11.1 Å². The summed E-state index contributed by atoms with van der Waals surface area (Å²) in [5.41, 5.74) is 3.04. The van der Waals surface area contributed by atoms with Crippen molar-refractivity contribution in [2.45, 2.75) is 20.3 Å². The molecule has 0 unspecified atom stereocenters. The molecule has 2 aromatic heterocycles. The van der Waals surface area contributed by atoms with Crippen LogP contribution in [0.3, 0.4) is 0 Å². The van der Waals surface area contributed by atoms with Crippen molar-refractivity contribution < 1.29 is 19.5 Å². The summed E-state index contributed by atoms with van der Waals surface area (Å²) in [6.07, 6.45) is 2.20. The number of aromatic amines is 1. The standard InChI is InChI=1S/C20H20N4O4/c1-11(2)6-17(25)19(26)23-13-5-3-4-12(7-13)16-10-22-18-15(16)8-14(9-21-18)24-20(27)28/h3-5,7-11,24H,6H2,1-2H3,(H,21,22)(H,23,26)(H,27,28). The van der Waals surface area contributed by atoms with Crippen molar-refractivity contribution >= 4 is 40.2 Å². The maximum atomic E-state index is 12.1. The molecule has 0 spiro atoms. The van der Waals surface area contributed by atoms with Crippen molar-refractivity contribution in [1.29, 1.82) is 0 Å². The number of benzene rings is 1. The first-order chi connectivity index (χ1) is 13.3. The van der Waals surface area contributed by atoms with Crippen molar-refractivity contribution in [2.75, 3.05) is 10.6 Å². The highest BCUT2D eigenvalue weighted by molar-refractivity contribution is 6.40. The molecule has 144 valence electrons. The molecule has 0 aliphatic heterocycles. The molecular formula is C20H20N4O4. The van der Waals surface area contributed by atoms with Crippen LogP contribution in [-0.4, -0.2) is 32.9 Å². The first-order valence-corrected chi connectivity index (χ1v) is 8.75. The average molecular weight is 380 g/mol. The number of nitrogens with zero attached hydrogens (tertiary/aromatic N) is 1. The smallest absolute Gasteiger partial charge is 0.409 e. The largest absolute Gasteiger partial charge is 0.465 e. The maximum Gasteiger partial charge on any atom is 0.409 e. The molecule has 3 aromatic rings. The van der Waals surface area contributed by atoms with E-state index < -0.39 is 17.8 Å². The third-order valence-electron chi connectivity index (χ3n) is 4.06. The van der Waals surface area contributed by atoms with Crippen LogP contribution >= 0.6 is 0 Å². The van der Waals surface area contributed by atoms with Gasteiger partial charge in [0.05, 0.1) is 11.9 Å². The quantitative estimate of drug-likeness (QED) is 0.483. The predicted molar refractivity (Wildman–Crippen MR) is 106 cm³/mol. The number of carboxylic acid groups (broad SMARTS) is 1. The van der Waals surface area contributed by atoms with Gasteiger partial charge in [-0.3, -0.25) is 14.9 Å². The van der Waals surface area contributed by atoms with Crippen LogP contribution in [-0.2, 0) is 9.59 Å². The zero-order chi connectivity index (χ0) is 20.3. The van der Waals surface area contributed by atoms with Crippen molar-refractivity contribution in [3.05, 3.63) is 42.7 Å². The highest BCUT2D eigenvalue weighted by atomic mass is 16.4.